The minimum absolute atomic E-state index is 0.0485. The molecule has 1 spiro atoms. The molecule has 0 saturated carbocycles. The van der Waals surface area contributed by atoms with Gasteiger partial charge in [0, 0.05) is 6.54 Å². The van der Waals surface area contributed by atoms with Gasteiger partial charge < -0.3 is 9.88 Å². The summed E-state index contributed by atoms with van der Waals surface area (Å²) in [5.41, 5.74) is 3.01. The third-order valence-electron chi connectivity index (χ3n) is 4.89. The van der Waals surface area contributed by atoms with Crippen molar-refractivity contribution in [3.8, 4) is 0 Å². The SMILES string of the molecule is Brc1nc2n(c1Br)CCc1ccccc1C21CCNCC1. The maximum absolute atomic E-state index is 4.89. The van der Waals surface area contributed by atoms with Crippen molar-refractivity contribution in [3.63, 3.8) is 0 Å². The number of fused-ring (bicyclic) bond motifs is 4. The van der Waals surface area contributed by atoms with Crippen molar-refractivity contribution in [1.29, 1.82) is 0 Å². The molecular formula is C16H17Br2N3. The Bertz CT molecular complexity index is 687. The Kier molecular flexibility index (Phi) is 3.47. The van der Waals surface area contributed by atoms with E-state index in [4.69, 9.17) is 4.98 Å². The van der Waals surface area contributed by atoms with Crippen molar-refractivity contribution in [2.45, 2.75) is 31.2 Å². The summed E-state index contributed by atoms with van der Waals surface area (Å²) in [6.07, 6.45) is 3.29. The second-order valence-corrected chi connectivity index (χ2v) is 7.41. The summed E-state index contributed by atoms with van der Waals surface area (Å²) >= 11 is 7.30. The molecule has 2 aliphatic heterocycles. The number of hydrogen-bond donors (Lipinski definition) is 1. The summed E-state index contributed by atoms with van der Waals surface area (Å²) in [5.74, 6) is 1.22. The molecule has 1 fully saturated rings. The summed E-state index contributed by atoms with van der Waals surface area (Å²) in [6.45, 7) is 3.09. The molecule has 1 saturated heterocycles. The van der Waals surface area contributed by atoms with Gasteiger partial charge in [0.1, 0.15) is 15.0 Å². The summed E-state index contributed by atoms with van der Waals surface area (Å²) in [7, 11) is 0. The van der Waals surface area contributed by atoms with Crippen molar-refractivity contribution >= 4 is 31.9 Å². The van der Waals surface area contributed by atoms with Crippen LogP contribution in [0.5, 0.6) is 0 Å². The van der Waals surface area contributed by atoms with Crippen LogP contribution < -0.4 is 5.32 Å². The highest BCUT2D eigenvalue weighted by molar-refractivity contribution is 9.13. The van der Waals surface area contributed by atoms with Crippen molar-refractivity contribution in [2.75, 3.05) is 13.1 Å². The second kappa shape index (κ2) is 5.21. The number of nitrogens with one attached hydrogen (secondary N) is 1. The molecule has 2 aliphatic rings. The molecule has 5 heteroatoms. The molecular weight excluding hydrogens is 394 g/mol. The summed E-state index contributed by atoms with van der Waals surface area (Å²) < 4.78 is 4.35. The van der Waals surface area contributed by atoms with Gasteiger partial charge in [-0.05, 0) is 75.3 Å². The van der Waals surface area contributed by atoms with Crippen LogP contribution in [-0.4, -0.2) is 22.6 Å². The quantitative estimate of drug-likeness (QED) is 0.718. The fraction of sp³-hybridized carbons (Fsp3) is 0.438. The van der Waals surface area contributed by atoms with Crippen LogP contribution in [-0.2, 0) is 18.4 Å². The molecule has 0 unspecified atom stereocenters. The van der Waals surface area contributed by atoms with Crippen LogP contribution >= 0.6 is 31.9 Å². The Morgan fingerprint density at radius 1 is 1.14 bits per heavy atom. The van der Waals surface area contributed by atoms with Crippen LogP contribution in [0.2, 0.25) is 0 Å². The normalized spacial score (nSPS) is 19.9. The maximum Gasteiger partial charge on any atom is 0.139 e. The lowest BCUT2D eigenvalue weighted by molar-refractivity contribution is 0.339. The van der Waals surface area contributed by atoms with Crippen molar-refractivity contribution in [3.05, 3.63) is 50.4 Å². The monoisotopic (exact) mass is 409 g/mol. The van der Waals surface area contributed by atoms with Crippen LogP contribution in [0, 0.1) is 0 Å². The molecule has 4 rings (SSSR count). The number of rotatable bonds is 0. The minimum atomic E-state index is 0.0485. The topological polar surface area (TPSA) is 29.9 Å². The lowest BCUT2D eigenvalue weighted by Crippen LogP contribution is -2.42. The van der Waals surface area contributed by atoms with Gasteiger partial charge in [-0.1, -0.05) is 24.3 Å². The number of halogens is 2. The average molecular weight is 411 g/mol. The molecule has 0 radical (unpaired) electrons. The van der Waals surface area contributed by atoms with E-state index in [9.17, 15) is 0 Å². The predicted octanol–water partition coefficient (Wildman–Crippen LogP) is 3.63. The van der Waals surface area contributed by atoms with E-state index in [-0.39, 0.29) is 5.41 Å². The highest BCUT2D eigenvalue weighted by Gasteiger charge is 2.43. The van der Waals surface area contributed by atoms with E-state index in [0.717, 1.165) is 48.1 Å². The number of nitrogens with zero attached hydrogens (tertiary/aromatic N) is 2. The van der Waals surface area contributed by atoms with Crippen LogP contribution in [0.3, 0.4) is 0 Å². The van der Waals surface area contributed by atoms with Gasteiger partial charge in [-0.2, -0.15) is 0 Å². The highest BCUT2D eigenvalue weighted by Crippen LogP contribution is 2.45. The Morgan fingerprint density at radius 3 is 2.71 bits per heavy atom. The summed E-state index contributed by atoms with van der Waals surface area (Å²) in [5, 5.41) is 3.50. The first-order valence-corrected chi connectivity index (χ1v) is 9.02. The molecule has 21 heavy (non-hydrogen) atoms. The standard InChI is InChI=1S/C16H17Br2N3/c17-13-14(18)21-10-5-11-3-1-2-4-12(11)16(15(21)20-13)6-8-19-9-7-16/h1-4,19H,5-10H2. The number of hydrogen-bond acceptors (Lipinski definition) is 2. The largest absolute Gasteiger partial charge is 0.321 e. The fourth-order valence-electron chi connectivity index (χ4n) is 3.88. The zero-order chi connectivity index (χ0) is 14.4. The third-order valence-corrected chi connectivity index (χ3v) is 6.78. The number of imidazole rings is 1. The molecule has 1 aromatic carbocycles. The molecule has 2 aromatic rings. The van der Waals surface area contributed by atoms with Gasteiger partial charge in [0.2, 0.25) is 0 Å². The van der Waals surface area contributed by atoms with E-state index in [0.29, 0.717) is 0 Å². The first kappa shape index (κ1) is 14.0. The van der Waals surface area contributed by atoms with Gasteiger partial charge in [-0.3, -0.25) is 0 Å². The third kappa shape index (κ3) is 2.05. The summed E-state index contributed by atoms with van der Waals surface area (Å²) in [6, 6.07) is 8.93. The van der Waals surface area contributed by atoms with Crippen molar-refractivity contribution in [1.82, 2.24) is 14.9 Å². The molecule has 0 atom stereocenters. The average Bonchev–Trinajstić information content (AvgIpc) is 2.75. The highest BCUT2D eigenvalue weighted by atomic mass is 79.9. The van der Waals surface area contributed by atoms with Crippen LogP contribution in [0.15, 0.2) is 33.5 Å². The minimum Gasteiger partial charge on any atom is -0.321 e. The van der Waals surface area contributed by atoms with Crippen LogP contribution in [0.25, 0.3) is 0 Å². The lowest BCUT2D eigenvalue weighted by atomic mass is 9.71. The molecule has 0 bridgehead atoms. The maximum atomic E-state index is 4.89. The van der Waals surface area contributed by atoms with E-state index in [1.165, 1.54) is 17.0 Å². The zero-order valence-corrected chi connectivity index (χ0v) is 14.9. The molecule has 110 valence electrons. The lowest BCUT2D eigenvalue weighted by Gasteiger charge is -2.37. The van der Waals surface area contributed by atoms with E-state index in [1.54, 1.807) is 0 Å². The van der Waals surface area contributed by atoms with E-state index >= 15 is 0 Å². The molecule has 0 aliphatic carbocycles. The molecule has 3 heterocycles. The van der Waals surface area contributed by atoms with Gasteiger partial charge in [0.05, 0.1) is 5.41 Å². The molecule has 3 nitrogen and oxygen atoms in total. The number of piperidine rings is 1. The zero-order valence-electron chi connectivity index (χ0n) is 11.7. The van der Waals surface area contributed by atoms with Gasteiger partial charge in [-0.25, -0.2) is 4.98 Å². The molecule has 0 amide bonds. The first-order chi connectivity index (χ1) is 10.2. The van der Waals surface area contributed by atoms with Crippen LogP contribution in [0.4, 0.5) is 0 Å². The summed E-state index contributed by atoms with van der Waals surface area (Å²) in [4.78, 5) is 4.89. The first-order valence-electron chi connectivity index (χ1n) is 7.43. The Labute approximate surface area is 141 Å². The van der Waals surface area contributed by atoms with Crippen LogP contribution in [0.1, 0.15) is 29.8 Å². The van der Waals surface area contributed by atoms with Gasteiger partial charge >= 0.3 is 0 Å². The number of benzene rings is 1. The van der Waals surface area contributed by atoms with Crippen molar-refractivity contribution in [2.24, 2.45) is 0 Å². The predicted molar refractivity (Wildman–Crippen MR) is 90.7 cm³/mol. The molecule has 1 N–H and O–H groups in total. The van der Waals surface area contributed by atoms with E-state index < -0.39 is 0 Å². The smallest absolute Gasteiger partial charge is 0.139 e. The number of aryl methyl sites for hydroxylation is 1. The van der Waals surface area contributed by atoms with Gasteiger partial charge in [0.25, 0.3) is 0 Å². The van der Waals surface area contributed by atoms with Crippen molar-refractivity contribution < 1.29 is 0 Å². The Hall–Kier alpha value is -0.650. The van der Waals surface area contributed by atoms with Gasteiger partial charge in [0.15, 0.2) is 0 Å². The van der Waals surface area contributed by atoms with Gasteiger partial charge in [-0.15, -0.1) is 0 Å². The fourth-order valence-corrected chi connectivity index (χ4v) is 4.69. The molecule has 1 aromatic heterocycles. The Balaban J connectivity index is 2.00. The van der Waals surface area contributed by atoms with E-state index in [2.05, 4.69) is 66.0 Å². The Morgan fingerprint density at radius 2 is 1.90 bits per heavy atom. The second-order valence-electron chi connectivity index (χ2n) is 5.91. The van der Waals surface area contributed by atoms with E-state index in [1.807, 2.05) is 0 Å². The number of aromatic nitrogens is 2.